The summed E-state index contributed by atoms with van der Waals surface area (Å²) in [4.78, 5) is 12.1. The molecule has 24 heavy (non-hydrogen) atoms. The van der Waals surface area contributed by atoms with Crippen LogP contribution in [0.5, 0.6) is 0 Å². The lowest BCUT2D eigenvalue weighted by Gasteiger charge is -2.28. The summed E-state index contributed by atoms with van der Waals surface area (Å²) in [6.45, 7) is 2.14. The van der Waals surface area contributed by atoms with Crippen molar-refractivity contribution >= 4 is 36.7 Å². The van der Waals surface area contributed by atoms with Crippen molar-refractivity contribution < 1.29 is 31.6 Å². The first-order valence-electron chi connectivity index (χ1n) is 6.76. The lowest BCUT2D eigenvalue weighted by atomic mass is 10.2. The van der Waals surface area contributed by atoms with E-state index in [2.05, 4.69) is 9.05 Å². The molecule has 0 fully saturated rings. The molecule has 1 aromatic carbocycles. The number of carbonyl (C=O) groups excluding carboxylic acids is 1. The summed E-state index contributed by atoms with van der Waals surface area (Å²) in [5.41, 5.74) is -0.255. The van der Waals surface area contributed by atoms with E-state index >= 15 is 0 Å². The average Bonchev–Trinajstić information content (AvgIpc) is 2.43. The van der Waals surface area contributed by atoms with E-state index in [1.54, 1.807) is 5.32 Å². The fraction of sp³-hybridized carbons (Fsp3) is 0.462. The zero-order valence-electron chi connectivity index (χ0n) is 12.7. The number of nitrogens with one attached hydrogen (secondary N) is 1. The molecule has 0 aliphatic heterocycles. The molecule has 1 amide bonds. The molecule has 5 nitrogen and oxygen atoms in total. The van der Waals surface area contributed by atoms with Crippen molar-refractivity contribution in [3.63, 3.8) is 0 Å². The van der Waals surface area contributed by atoms with Crippen LogP contribution in [0.15, 0.2) is 18.2 Å². The number of rotatable bonds is 7. The minimum Gasteiger partial charge on any atom is -0.330 e. The standard InChI is InChI=1S/C13H15Cl2F3NO4P/c1-3-22-24(21,23-4-2)12(13(16,17)18)19-11(20)9-6-5-8(14)7-10(9)15/h5-7,12H,3-4H2,1-2H3,(H,19,20)/t12-/m0/s1. The maximum Gasteiger partial charge on any atom is 0.420 e. The van der Waals surface area contributed by atoms with E-state index in [0.29, 0.717) is 0 Å². The molecule has 11 heteroatoms. The van der Waals surface area contributed by atoms with E-state index in [1.165, 1.54) is 26.0 Å². The topological polar surface area (TPSA) is 64.6 Å². The number of halogens is 5. The predicted molar refractivity (Wildman–Crippen MR) is 84.6 cm³/mol. The molecule has 0 aromatic heterocycles. The summed E-state index contributed by atoms with van der Waals surface area (Å²) in [5.74, 6) is -4.01. The van der Waals surface area contributed by atoms with E-state index in [9.17, 15) is 22.5 Å². The van der Waals surface area contributed by atoms with Crippen molar-refractivity contribution in [3.05, 3.63) is 33.8 Å². The number of hydrogen-bond donors (Lipinski definition) is 1. The first-order chi connectivity index (χ1) is 11.0. The first kappa shape index (κ1) is 21.3. The second kappa shape index (κ2) is 8.54. The molecule has 1 rings (SSSR count). The SMILES string of the molecule is CCOP(=O)(OCC)[C@H](NC(=O)c1ccc(Cl)cc1Cl)C(F)(F)F. The highest BCUT2D eigenvalue weighted by atomic mass is 35.5. The van der Waals surface area contributed by atoms with E-state index in [1.807, 2.05) is 0 Å². The van der Waals surface area contributed by atoms with Crippen molar-refractivity contribution in [2.24, 2.45) is 0 Å². The number of alkyl halides is 3. The maximum absolute atomic E-state index is 13.3. The molecular weight excluding hydrogens is 393 g/mol. The van der Waals surface area contributed by atoms with Crippen LogP contribution in [-0.4, -0.2) is 31.1 Å². The van der Waals surface area contributed by atoms with Gasteiger partial charge in [-0.1, -0.05) is 23.2 Å². The molecule has 1 N–H and O–H groups in total. The van der Waals surface area contributed by atoms with Gasteiger partial charge in [-0.05, 0) is 32.0 Å². The number of amides is 1. The Hall–Kier alpha value is -0.790. The number of benzene rings is 1. The van der Waals surface area contributed by atoms with Gasteiger partial charge in [0, 0.05) is 5.02 Å². The number of hydrogen-bond acceptors (Lipinski definition) is 4. The fourth-order valence-corrected chi connectivity index (χ4v) is 3.98. The Kier molecular flexibility index (Phi) is 7.56. The Morgan fingerprint density at radius 1 is 1.25 bits per heavy atom. The van der Waals surface area contributed by atoms with Crippen molar-refractivity contribution in [3.8, 4) is 0 Å². The molecule has 0 spiro atoms. The Morgan fingerprint density at radius 2 is 1.79 bits per heavy atom. The minimum absolute atomic E-state index is 0.149. The van der Waals surface area contributed by atoms with Crippen LogP contribution in [0.3, 0.4) is 0 Å². The van der Waals surface area contributed by atoms with Crippen molar-refractivity contribution in [2.75, 3.05) is 13.2 Å². The predicted octanol–water partition coefficient (Wildman–Crippen LogP) is 4.88. The van der Waals surface area contributed by atoms with Gasteiger partial charge in [-0.25, -0.2) is 0 Å². The van der Waals surface area contributed by atoms with Gasteiger partial charge in [0.15, 0.2) is 0 Å². The zero-order valence-corrected chi connectivity index (χ0v) is 15.1. The summed E-state index contributed by atoms with van der Waals surface area (Å²) >= 11 is 11.5. The van der Waals surface area contributed by atoms with Gasteiger partial charge in [-0.15, -0.1) is 0 Å². The van der Waals surface area contributed by atoms with Gasteiger partial charge in [0.25, 0.3) is 5.91 Å². The monoisotopic (exact) mass is 407 g/mol. The van der Waals surface area contributed by atoms with E-state index < -0.39 is 25.5 Å². The second-order valence-corrected chi connectivity index (χ2v) is 7.37. The molecule has 1 atom stereocenters. The highest BCUT2D eigenvalue weighted by Gasteiger charge is 2.55. The minimum atomic E-state index is -5.06. The van der Waals surface area contributed by atoms with Gasteiger partial charge >= 0.3 is 13.8 Å². The highest BCUT2D eigenvalue weighted by molar-refractivity contribution is 7.54. The van der Waals surface area contributed by atoms with E-state index in [-0.39, 0.29) is 28.8 Å². The second-order valence-electron chi connectivity index (χ2n) is 4.42. The van der Waals surface area contributed by atoms with Gasteiger partial charge in [-0.2, -0.15) is 13.2 Å². The fourth-order valence-electron chi connectivity index (χ4n) is 1.76. The van der Waals surface area contributed by atoms with Gasteiger partial charge in [0.2, 0.25) is 5.78 Å². The summed E-state index contributed by atoms with van der Waals surface area (Å²) < 4.78 is 61.7. The van der Waals surface area contributed by atoms with Crippen LogP contribution in [0.1, 0.15) is 24.2 Å². The average molecular weight is 408 g/mol. The molecule has 0 aliphatic carbocycles. The van der Waals surface area contributed by atoms with Crippen LogP contribution in [0.25, 0.3) is 0 Å². The Labute approximate surface area is 146 Å². The van der Waals surface area contributed by atoms with Crippen molar-refractivity contribution in [1.29, 1.82) is 0 Å². The van der Waals surface area contributed by atoms with Crippen molar-refractivity contribution in [1.82, 2.24) is 5.32 Å². The van der Waals surface area contributed by atoms with Gasteiger partial charge in [-0.3, -0.25) is 9.36 Å². The third-order valence-corrected chi connectivity index (χ3v) is 5.53. The molecule has 1 aromatic rings. The van der Waals surface area contributed by atoms with Crippen LogP contribution in [0, 0.1) is 0 Å². The van der Waals surface area contributed by atoms with Crippen LogP contribution in [0.2, 0.25) is 10.0 Å². The molecule has 0 saturated heterocycles. The lowest BCUT2D eigenvalue weighted by molar-refractivity contribution is -0.139. The Bertz CT molecular complexity index is 632. The molecule has 0 unspecified atom stereocenters. The normalized spacial score (nSPS) is 13.6. The molecular formula is C13H15Cl2F3NO4P. The maximum atomic E-state index is 13.3. The van der Waals surface area contributed by atoms with Crippen molar-refractivity contribution in [2.45, 2.75) is 25.8 Å². The largest absolute Gasteiger partial charge is 0.420 e. The summed E-state index contributed by atoms with van der Waals surface area (Å²) in [6, 6.07) is 3.64. The molecule has 0 saturated carbocycles. The summed E-state index contributed by atoms with van der Waals surface area (Å²) in [7, 11) is -4.68. The molecule has 0 radical (unpaired) electrons. The Morgan fingerprint density at radius 3 is 2.21 bits per heavy atom. The van der Waals surface area contributed by atoms with E-state index in [0.717, 1.165) is 6.07 Å². The van der Waals surface area contributed by atoms with Crippen LogP contribution in [-0.2, 0) is 13.6 Å². The smallest absolute Gasteiger partial charge is 0.330 e. The van der Waals surface area contributed by atoms with Gasteiger partial charge < -0.3 is 14.4 Å². The summed E-state index contributed by atoms with van der Waals surface area (Å²) in [6.07, 6.45) is -5.06. The quantitative estimate of drug-likeness (QED) is 0.654. The van der Waals surface area contributed by atoms with Gasteiger partial charge in [0.1, 0.15) is 0 Å². The lowest BCUT2D eigenvalue weighted by Crippen LogP contribution is -2.46. The summed E-state index contributed by atoms with van der Waals surface area (Å²) in [5, 5.41) is 1.70. The molecule has 0 heterocycles. The third-order valence-electron chi connectivity index (χ3n) is 2.69. The van der Waals surface area contributed by atoms with Crippen LogP contribution >= 0.6 is 30.8 Å². The molecule has 0 bridgehead atoms. The first-order valence-corrected chi connectivity index (χ1v) is 9.13. The third kappa shape index (κ3) is 5.36. The Balaban J connectivity index is 3.18. The van der Waals surface area contributed by atoms with Gasteiger partial charge in [0.05, 0.1) is 23.8 Å². The van der Waals surface area contributed by atoms with Crippen LogP contribution in [0.4, 0.5) is 13.2 Å². The number of carbonyl (C=O) groups is 1. The molecule has 136 valence electrons. The zero-order chi connectivity index (χ0) is 18.5. The van der Waals surface area contributed by atoms with Crippen LogP contribution < -0.4 is 5.32 Å². The molecule has 0 aliphatic rings. The van der Waals surface area contributed by atoms with E-state index in [4.69, 9.17) is 23.2 Å². The highest BCUT2D eigenvalue weighted by Crippen LogP contribution is 2.57.